The summed E-state index contributed by atoms with van der Waals surface area (Å²) in [5, 5.41) is 6.75. The van der Waals surface area contributed by atoms with Crippen LogP contribution in [-0.2, 0) is 10.3 Å². The zero-order chi connectivity index (χ0) is 23.1. The van der Waals surface area contributed by atoms with Crippen molar-refractivity contribution in [2.75, 3.05) is 52.1 Å². The van der Waals surface area contributed by atoms with E-state index in [4.69, 9.17) is 4.74 Å². The Morgan fingerprint density at radius 2 is 1.72 bits per heavy atom. The van der Waals surface area contributed by atoms with E-state index < -0.39 is 11.1 Å². The molecule has 6 nitrogen and oxygen atoms in total. The highest BCUT2D eigenvalue weighted by atomic mass is 16.6. The maximum atomic E-state index is 13.4. The Labute approximate surface area is 190 Å². The zero-order valence-corrected chi connectivity index (χ0v) is 19.7. The van der Waals surface area contributed by atoms with E-state index in [0.717, 1.165) is 28.2 Å². The van der Waals surface area contributed by atoms with Gasteiger partial charge in [0.05, 0.1) is 11.1 Å². The van der Waals surface area contributed by atoms with Gasteiger partial charge in [-0.2, -0.15) is 0 Å². The van der Waals surface area contributed by atoms with Crippen LogP contribution in [0.1, 0.15) is 27.9 Å². The Hall–Kier alpha value is -3.25. The second-order valence-corrected chi connectivity index (χ2v) is 8.77. The van der Waals surface area contributed by atoms with Crippen LogP contribution in [0.5, 0.6) is 0 Å². The molecule has 0 saturated heterocycles. The highest BCUT2D eigenvalue weighted by Crippen LogP contribution is 2.54. The minimum absolute atomic E-state index is 0.302. The summed E-state index contributed by atoms with van der Waals surface area (Å²) >= 11 is 0. The predicted octanol–water partition coefficient (Wildman–Crippen LogP) is 3.25. The van der Waals surface area contributed by atoms with E-state index in [1.54, 1.807) is 0 Å². The number of nitrogens with one attached hydrogen (secondary N) is 2. The van der Waals surface area contributed by atoms with E-state index in [0.29, 0.717) is 12.0 Å². The lowest BCUT2D eigenvalue weighted by Crippen LogP contribution is -2.60. The van der Waals surface area contributed by atoms with Gasteiger partial charge >= 0.3 is 5.97 Å². The lowest BCUT2D eigenvalue weighted by molar-refractivity contribution is -0.0243. The van der Waals surface area contributed by atoms with E-state index in [2.05, 4.69) is 52.0 Å². The molecule has 0 fully saturated rings. The smallest absolute Gasteiger partial charge is 0.339 e. The Bertz CT molecular complexity index is 1100. The van der Waals surface area contributed by atoms with Crippen LogP contribution in [-0.4, -0.2) is 53.8 Å². The molecule has 4 rings (SSSR count). The monoisotopic (exact) mass is 432 g/mol. The molecule has 1 aliphatic heterocycles. The topological polar surface area (TPSA) is 56.8 Å². The molecule has 32 heavy (non-hydrogen) atoms. The van der Waals surface area contributed by atoms with Gasteiger partial charge in [-0.1, -0.05) is 36.4 Å². The first-order valence-corrected chi connectivity index (χ1v) is 10.9. The molecular formula is C26H32N4O2. The first-order valence-electron chi connectivity index (χ1n) is 10.9. The molecule has 0 spiro atoms. The molecule has 0 amide bonds. The van der Waals surface area contributed by atoms with Gasteiger partial charge in [-0.05, 0) is 37.7 Å². The van der Waals surface area contributed by atoms with Gasteiger partial charge in [-0.25, -0.2) is 4.79 Å². The van der Waals surface area contributed by atoms with Crippen molar-refractivity contribution in [1.29, 1.82) is 0 Å². The summed E-state index contributed by atoms with van der Waals surface area (Å²) in [4.78, 5) is 17.5. The fourth-order valence-corrected chi connectivity index (χ4v) is 4.92. The Morgan fingerprint density at radius 3 is 2.31 bits per heavy atom. The fraction of sp³-hybridized carbons (Fsp3) is 0.346. The van der Waals surface area contributed by atoms with Crippen LogP contribution in [0, 0.1) is 0 Å². The minimum Gasteiger partial charge on any atom is -0.443 e. The van der Waals surface area contributed by atoms with Gasteiger partial charge in [0, 0.05) is 63.4 Å². The van der Waals surface area contributed by atoms with Crippen molar-refractivity contribution in [3.8, 4) is 0 Å². The molecule has 1 heterocycles. The number of para-hydroxylation sites is 1. The number of cyclic esters (lactones) is 1. The SMILES string of the molecule is CNC1=CCC(NC)(C2(c3ccccc3N(C)C)OC(=O)c3cc(N(C)C)ccc32)C=C1. The minimum atomic E-state index is -1.04. The fourth-order valence-electron chi connectivity index (χ4n) is 4.92. The molecule has 2 aromatic rings. The van der Waals surface area contributed by atoms with Gasteiger partial charge in [0.15, 0.2) is 5.60 Å². The number of nitrogens with zero attached hydrogens (tertiary/aromatic N) is 2. The molecule has 0 saturated carbocycles. The lowest BCUT2D eigenvalue weighted by atomic mass is 9.67. The summed E-state index contributed by atoms with van der Waals surface area (Å²) in [5.74, 6) is -0.302. The van der Waals surface area contributed by atoms with E-state index in [1.165, 1.54) is 0 Å². The first-order chi connectivity index (χ1) is 15.3. The molecule has 1 aliphatic carbocycles. The highest BCUT2D eigenvalue weighted by molar-refractivity contribution is 5.97. The molecule has 2 aromatic carbocycles. The molecule has 6 heteroatoms. The molecule has 168 valence electrons. The van der Waals surface area contributed by atoms with E-state index in [1.807, 2.05) is 71.5 Å². The van der Waals surface area contributed by atoms with Crippen molar-refractivity contribution in [2.24, 2.45) is 0 Å². The maximum Gasteiger partial charge on any atom is 0.339 e. The van der Waals surface area contributed by atoms with Gasteiger partial charge in [0.25, 0.3) is 0 Å². The van der Waals surface area contributed by atoms with Crippen LogP contribution in [0.2, 0.25) is 0 Å². The van der Waals surface area contributed by atoms with Crippen molar-refractivity contribution >= 4 is 17.3 Å². The van der Waals surface area contributed by atoms with Crippen LogP contribution in [0.15, 0.2) is 66.4 Å². The van der Waals surface area contributed by atoms with Crippen molar-refractivity contribution in [1.82, 2.24) is 10.6 Å². The highest BCUT2D eigenvalue weighted by Gasteiger charge is 2.60. The second-order valence-electron chi connectivity index (χ2n) is 8.77. The third-order valence-electron chi connectivity index (χ3n) is 6.68. The largest absolute Gasteiger partial charge is 0.443 e. The summed E-state index contributed by atoms with van der Waals surface area (Å²) in [5.41, 5.74) is 3.75. The zero-order valence-electron chi connectivity index (χ0n) is 19.7. The number of ether oxygens (including phenoxy) is 1. The number of esters is 1. The Kier molecular flexibility index (Phi) is 5.51. The summed E-state index contributed by atoms with van der Waals surface area (Å²) in [7, 11) is 11.8. The number of hydrogen-bond donors (Lipinski definition) is 2. The van der Waals surface area contributed by atoms with Gasteiger partial charge < -0.3 is 25.2 Å². The van der Waals surface area contributed by atoms with Crippen LogP contribution in [0.25, 0.3) is 0 Å². The van der Waals surface area contributed by atoms with Crippen LogP contribution in [0.4, 0.5) is 11.4 Å². The van der Waals surface area contributed by atoms with Crippen LogP contribution < -0.4 is 20.4 Å². The lowest BCUT2D eigenvalue weighted by Gasteiger charge is -2.48. The third-order valence-corrected chi connectivity index (χ3v) is 6.68. The van der Waals surface area contributed by atoms with E-state index >= 15 is 0 Å². The standard InChI is InChI=1S/C26H32N4O2/c1-27-18-13-15-25(28-2,16-14-18)26(22-9-7-8-10-23(22)30(5)6)21-12-11-19(29(3)4)17-20(21)24(31)32-26/h7-15,17,27-28H,16H2,1-6H3. The summed E-state index contributed by atoms with van der Waals surface area (Å²) in [6.45, 7) is 0. The Balaban J connectivity index is 2.05. The number of carbonyl (C=O) groups excluding carboxylic acids is 1. The number of hydrogen-bond acceptors (Lipinski definition) is 6. The molecular weight excluding hydrogens is 400 g/mol. The number of carbonyl (C=O) groups is 1. The maximum absolute atomic E-state index is 13.4. The van der Waals surface area contributed by atoms with E-state index in [9.17, 15) is 4.79 Å². The molecule has 2 unspecified atom stereocenters. The molecule has 0 bridgehead atoms. The summed E-state index contributed by atoms with van der Waals surface area (Å²) in [6.07, 6.45) is 6.99. The molecule has 2 atom stereocenters. The predicted molar refractivity (Wildman–Crippen MR) is 130 cm³/mol. The van der Waals surface area contributed by atoms with Crippen molar-refractivity contribution in [2.45, 2.75) is 17.6 Å². The average molecular weight is 433 g/mol. The van der Waals surface area contributed by atoms with Crippen LogP contribution in [0.3, 0.4) is 0 Å². The van der Waals surface area contributed by atoms with Crippen molar-refractivity contribution in [3.05, 3.63) is 83.1 Å². The summed E-state index contributed by atoms with van der Waals surface area (Å²) < 4.78 is 6.49. The second kappa shape index (κ2) is 8.02. The Morgan fingerprint density at radius 1 is 0.969 bits per heavy atom. The van der Waals surface area contributed by atoms with Crippen LogP contribution >= 0.6 is 0 Å². The normalized spacial score (nSPS) is 23.9. The number of rotatable bonds is 6. The van der Waals surface area contributed by atoms with Crippen molar-refractivity contribution < 1.29 is 9.53 Å². The first kappa shape index (κ1) is 22.0. The van der Waals surface area contributed by atoms with Gasteiger partial charge in [-0.15, -0.1) is 0 Å². The molecule has 0 radical (unpaired) electrons. The molecule has 2 N–H and O–H groups in total. The average Bonchev–Trinajstić information content (AvgIpc) is 3.12. The number of benzene rings is 2. The number of likely N-dealkylation sites (N-methyl/N-ethyl adjacent to an activating group) is 2. The molecule has 0 aromatic heterocycles. The van der Waals surface area contributed by atoms with E-state index in [-0.39, 0.29) is 5.97 Å². The third kappa shape index (κ3) is 3.09. The number of allylic oxidation sites excluding steroid dienone is 1. The summed E-state index contributed by atoms with van der Waals surface area (Å²) in [6, 6.07) is 14.2. The molecule has 2 aliphatic rings. The number of fused-ring (bicyclic) bond motifs is 1. The van der Waals surface area contributed by atoms with Gasteiger partial charge in [-0.3, -0.25) is 0 Å². The van der Waals surface area contributed by atoms with Gasteiger partial charge in [0.2, 0.25) is 0 Å². The van der Waals surface area contributed by atoms with Crippen molar-refractivity contribution in [3.63, 3.8) is 0 Å². The quantitative estimate of drug-likeness (QED) is 0.684. The van der Waals surface area contributed by atoms with Gasteiger partial charge in [0.1, 0.15) is 0 Å². The number of anilines is 2.